The molecule has 2 atom stereocenters. The molecule has 33 heavy (non-hydrogen) atoms. The smallest absolute Gasteiger partial charge is 0.290 e. The van der Waals surface area contributed by atoms with Gasteiger partial charge in [-0.2, -0.15) is 4.31 Å². The minimum Gasteiger partial charge on any atom is -0.456 e. The average Bonchev–Trinajstić information content (AvgIpc) is 3.42. The molecule has 2 saturated heterocycles. The summed E-state index contributed by atoms with van der Waals surface area (Å²) in [7, 11) is -3.91. The van der Waals surface area contributed by atoms with E-state index in [1.165, 1.54) is 17.2 Å². The number of rotatable bonds is 5. The Morgan fingerprint density at radius 2 is 1.91 bits per heavy atom. The molecule has 2 fully saturated rings. The van der Waals surface area contributed by atoms with E-state index in [1.807, 2.05) is 0 Å². The van der Waals surface area contributed by atoms with Crippen LogP contribution in [0.2, 0.25) is 0 Å². The van der Waals surface area contributed by atoms with Crippen LogP contribution >= 0.6 is 0 Å². The van der Waals surface area contributed by atoms with E-state index in [0.29, 0.717) is 38.0 Å². The fourth-order valence-corrected chi connectivity index (χ4v) is 5.60. The molecule has 4 rings (SSSR count). The lowest BCUT2D eigenvalue weighted by molar-refractivity contribution is -0.130. The highest BCUT2D eigenvalue weighted by Crippen LogP contribution is 2.23. The van der Waals surface area contributed by atoms with Gasteiger partial charge in [-0.25, -0.2) is 13.4 Å². The molecule has 0 saturated carbocycles. The second kappa shape index (κ2) is 9.44. The van der Waals surface area contributed by atoms with Gasteiger partial charge in [0.05, 0.1) is 12.6 Å². The van der Waals surface area contributed by atoms with Gasteiger partial charge in [-0.15, -0.1) is 0 Å². The standard InChI is InChI=1S/C22H26N4O6S/c1-15-9-10-19(32-15)22(29)26-13-5-7-17(26)21(28)24-16-6-4-12-25(14-18(16)27)33(30,31)20-8-2-3-11-23-20/h2-3,8-11,16-17H,4-7,12-14H2,1H3,(H,24,28)/t16?,17-/m0/s1. The van der Waals surface area contributed by atoms with Gasteiger partial charge in [-0.05, 0) is 56.9 Å². The lowest BCUT2D eigenvalue weighted by Crippen LogP contribution is -2.51. The average molecular weight is 475 g/mol. The highest BCUT2D eigenvalue weighted by Gasteiger charge is 2.38. The van der Waals surface area contributed by atoms with Crippen LogP contribution in [0, 0.1) is 6.92 Å². The lowest BCUT2D eigenvalue weighted by atomic mass is 10.1. The Balaban J connectivity index is 1.42. The largest absolute Gasteiger partial charge is 0.456 e. The predicted octanol–water partition coefficient (Wildman–Crippen LogP) is 1.13. The van der Waals surface area contributed by atoms with Crippen LogP contribution in [0.3, 0.4) is 0 Å². The van der Waals surface area contributed by atoms with E-state index >= 15 is 0 Å². The number of carbonyl (C=O) groups is 3. The van der Waals surface area contributed by atoms with Gasteiger partial charge in [-0.3, -0.25) is 14.4 Å². The minimum atomic E-state index is -3.91. The van der Waals surface area contributed by atoms with E-state index < -0.39 is 33.8 Å². The number of nitrogens with zero attached hydrogens (tertiary/aromatic N) is 3. The van der Waals surface area contributed by atoms with Crippen molar-refractivity contribution in [3.63, 3.8) is 0 Å². The summed E-state index contributed by atoms with van der Waals surface area (Å²) in [6, 6.07) is 6.32. The summed E-state index contributed by atoms with van der Waals surface area (Å²) in [4.78, 5) is 44.0. The van der Waals surface area contributed by atoms with Gasteiger partial charge >= 0.3 is 0 Å². The number of furan rings is 1. The molecule has 1 unspecified atom stereocenters. The quantitative estimate of drug-likeness (QED) is 0.687. The zero-order valence-electron chi connectivity index (χ0n) is 18.3. The third kappa shape index (κ3) is 4.83. The molecule has 176 valence electrons. The number of pyridine rings is 1. The van der Waals surface area contributed by atoms with Crippen molar-refractivity contribution in [2.45, 2.75) is 49.7 Å². The SMILES string of the molecule is Cc1ccc(C(=O)N2CCC[C@H]2C(=O)NC2CCCN(S(=O)(=O)c3ccccn3)CC2=O)o1. The Labute approximate surface area is 192 Å². The van der Waals surface area contributed by atoms with E-state index in [1.54, 1.807) is 31.2 Å². The summed E-state index contributed by atoms with van der Waals surface area (Å²) in [6.07, 6.45) is 3.25. The Morgan fingerprint density at radius 1 is 1.12 bits per heavy atom. The van der Waals surface area contributed by atoms with Crippen molar-refractivity contribution < 1.29 is 27.2 Å². The lowest BCUT2D eigenvalue weighted by Gasteiger charge is -2.25. The van der Waals surface area contributed by atoms with Gasteiger partial charge in [0.25, 0.3) is 15.9 Å². The predicted molar refractivity (Wildman–Crippen MR) is 117 cm³/mol. The molecule has 0 radical (unpaired) electrons. The minimum absolute atomic E-state index is 0.117. The summed E-state index contributed by atoms with van der Waals surface area (Å²) in [5.41, 5.74) is 0. The molecule has 0 aliphatic carbocycles. The number of sulfonamides is 1. The maximum Gasteiger partial charge on any atom is 0.290 e. The molecule has 4 heterocycles. The van der Waals surface area contributed by atoms with Gasteiger partial charge in [0, 0.05) is 19.3 Å². The Kier molecular flexibility index (Phi) is 6.61. The van der Waals surface area contributed by atoms with E-state index in [-0.39, 0.29) is 29.8 Å². The number of ketones is 1. The molecule has 2 aliphatic rings. The van der Waals surface area contributed by atoms with Crippen LogP contribution in [0.15, 0.2) is 46.0 Å². The maximum absolute atomic E-state index is 13.0. The van der Waals surface area contributed by atoms with Crippen molar-refractivity contribution in [2.24, 2.45) is 0 Å². The first-order chi connectivity index (χ1) is 15.8. The van der Waals surface area contributed by atoms with Crippen molar-refractivity contribution in [2.75, 3.05) is 19.6 Å². The summed E-state index contributed by atoms with van der Waals surface area (Å²) >= 11 is 0. The molecular formula is C22H26N4O6S. The Bertz CT molecular complexity index is 1150. The van der Waals surface area contributed by atoms with Gasteiger partial charge in [0.2, 0.25) is 5.91 Å². The fraction of sp³-hybridized carbons (Fsp3) is 0.455. The molecule has 2 aromatic rings. The number of likely N-dealkylation sites (tertiary alicyclic amines) is 1. The number of carbonyl (C=O) groups excluding carboxylic acids is 3. The molecule has 2 aliphatic heterocycles. The van der Waals surface area contributed by atoms with E-state index in [4.69, 9.17) is 4.42 Å². The number of amides is 2. The van der Waals surface area contributed by atoms with Crippen molar-refractivity contribution in [1.82, 2.24) is 19.5 Å². The topological polar surface area (TPSA) is 130 Å². The highest BCUT2D eigenvalue weighted by atomic mass is 32.2. The zero-order valence-corrected chi connectivity index (χ0v) is 19.1. The molecule has 11 heteroatoms. The molecule has 2 aromatic heterocycles. The van der Waals surface area contributed by atoms with Crippen LogP contribution in [-0.4, -0.2) is 71.9 Å². The van der Waals surface area contributed by atoms with Gasteiger partial charge in [-0.1, -0.05) is 6.07 Å². The molecule has 2 amide bonds. The van der Waals surface area contributed by atoms with Crippen molar-refractivity contribution in [3.05, 3.63) is 48.0 Å². The Hall–Kier alpha value is -3.05. The van der Waals surface area contributed by atoms with Gasteiger partial charge in [0.15, 0.2) is 16.6 Å². The first kappa shape index (κ1) is 23.1. The highest BCUT2D eigenvalue weighted by molar-refractivity contribution is 7.89. The number of aryl methyl sites for hydroxylation is 1. The van der Waals surface area contributed by atoms with E-state index in [0.717, 1.165) is 4.31 Å². The Morgan fingerprint density at radius 3 is 2.61 bits per heavy atom. The monoisotopic (exact) mass is 474 g/mol. The van der Waals surface area contributed by atoms with E-state index in [2.05, 4.69) is 10.3 Å². The second-order valence-corrected chi connectivity index (χ2v) is 10.1. The number of nitrogens with one attached hydrogen (secondary N) is 1. The van der Waals surface area contributed by atoms with Crippen LogP contribution < -0.4 is 5.32 Å². The summed E-state index contributed by atoms with van der Waals surface area (Å²) in [5, 5.41) is 2.64. The summed E-state index contributed by atoms with van der Waals surface area (Å²) < 4.78 is 32.2. The van der Waals surface area contributed by atoms with Crippen LogP contribution in [0.25, 0.3) is 0 Å². The van der Waals surface area contributed by atoms with Crippen molar-refractivity contribution >= 4 is 27.6 Å². The van der Waals surface area contributed by atoms with Gasteiger partial charge in [0.1, 0.15) is 11.8 Å². The van der Waals surface area contributed by atoms with Crippen molar-refractivity contribution in [1.29, 1.82) is 0 Å². The van der Waals surface area contributed by atoms with E-state index in [9.17, 15) is 22.8 Å². The summed E-state index contributed by atoms with van der Waals surface area (Å²) in [6.45, 7) is 1.97. The van der Waals surface area contributed by atoms with Crippen molar-refractivity contribution in [3.8, 4) is 0 Å². The first-order valence-corrected chi connectivity index (χ1v) is 12.3. The molecule has 10 nitrogen and oxygen atoms in total. The maximum atomic E-state index is 13.0. The van der Waals surface area contributed by atoms with Crippen LogP contribution in [0.5, 0.6) is 0 Å². The van der Waals surface area contributed by atoms with Gasteiger partial charge < -0.3 is 14.6 Å². The summed E-state index contributed by atoms with van der Waals surface area (Å²) in [5.74, 6) is -0.386. The number of aromatic nitrogens is 1. The third-order valence-corrected chi connectivity index (χ3v) is 7.71. The second-order valence-electron chi connectivity index (χ2n) is 8.24. The van der Waals surface area contributed by atoms with Crippen LogP contribution in [-0.2, 0) is 19.6 Å². The number of hydrogen-bond acceptors (Lipinski definition) is 7. The third-order valence-electron chi connectivity index (χ3n) is 5.95. The molecular weight excluding hydrogens is 448 g/mol. The normalized spacial score (nSPS) is 22.2. The number of hydrogen-bond donors (Lipinski definition) is 1. The van der Waals surface area contributed by atoms with Crippen LogP contribution in [0.4, 0.5) is 0 Å². The molecule has 1 N–H and O–H groups in total. The zero-order chi connectivity index (χ0) is 23.6. The molecule has 0 bridgehead atoms. The number of Topliss-reactive ketones (excluding diaryl/α,β-unsaturated/α-hetero) is 1. The molecule has 0 aromatic carbocycles. The fourth-order valence-electron chi connectivity index (χ4n) is 4.23. The molecule has 0 spiro atoms. The van der Waals surface area contributed by atoms with Crippen LogP contribution in [0.1, 0.15) is 42.0 Å². The first-order valence-electron chi connectivity index (χ1n) is 10.9.